The van der Waals surface area contributed by atoms with Crippen LogP contribution in [0.4, 0.5) is 0 Å². The van der Waals surface area contributed by atoms with E-state index in [1.54, 1.807) is 12.3 Å². The van der Waals surface area contributed by atoms with E-state index < -0.39 is 0 Å². The third-order valence-electron chi connectivity index (χ3n) is 3.57. The van der Waals surface area contributed by atoms with Gasteiger partial charge in [-0.3, -0.25) is 4.79 Å². The number of para-hydroxylation sites is 1. The first-order valence-corrected chi connectivity index (χ1v) is 7.23. The zero-order valence-corrected chi connectivity index (χ0v) is 12.4. The number of halogens is 1. The summed E-state index contributed by atoms with van der Waals surface area (Å²) in [5.41, 5.74) is 1.04. The van der Waals surface area contributed by atoms with Crippen molar-refractivity contribution in [2.24, 2.45) is 0 Å². The first kappa shape index (κ1) is 14.0. The molecule has 0 radical (unpaired) electrons. The Kier molecular flexibility index (Phi) is 3.90. The van der Waals surface area contributed by atoms with E-state index in [9.17, 15) is 4.79 Å². The van der Waals surface area contributed by atoms with E-state index in [4.69, 9.17) is 11.6 Å². The Hall–Kier alpha value is -1.92. The summed E-state index contributed by atoms with van der Waals surface area (Å²) in [6.45, 7) is 4.29. The van der Waals surface area contributed by atoms with Crippen LogP contribution in [-0.2, 0) is 0 Å². The Bertz CT molecular complexity index is 656. The zero-order valence-electron chi connectivity index (χ0n) is 11.7. The van der Waals surface area contributed by atoms with Gasteiger partial charge in [-0.05, 0) is 19.1 Å². The molecule has 7 heteroatoms. The molecule has 1 aliphatic rings. The number of benzene rings is 1. The van der Waals surface area contributed by atoms with E-state index in [2.05, 4.69) is 15.6 Å². The quantitative estimate of drug-likeness (QED) is 0.910. The molecular weight excluding hydrogens is 290 g/mol. The second-order valence-electron chi connectivity index (χ2n) is 5.05. The van der Waals surface area contributed by atoms with E-state index in [0.29, 0.717) is 22.9 Å². The van der Waals surface area contributed by atoms with Crippen molar-refractivity contribution in [2.75, 3.05) is 19.6 Å². The molecule has 0 bridgehead atoms. The fraction of sp³-hybridized carbons (Fsp3) is 0.357. The van der Waals surface area contributed by atoms with Gasteiger partial charge in [0.25, 0.3) is 5.91 Å². The number of hydrogen-bond donors (Lipinski definition) is 1. The Morgan fingerprint density at radius 3 is 3.00 bits per heavy atom. The van der Waals surface area contributed by atoms with Crippen molar-refractivity contribution in [1.82, 2.24) is 25.2 Å². The molecule has 110 valence electrons. The monoisotopic (exact) mass is 305 g/mol. The van der Waals surface area contributed by atoms with Crippen LogP contribution < -0.4 is 5.32 Å². The van der Waals surface area contributed by atoms with Crippen LogP contribution in [0.1, 0.15) is 17.4 Å². The van der Waals surface area contributed by atoms with E-state index in [0.717, 1.165) is 13.1 Å². The van der Waals surface area contributed by atoms with Crippen molar-refractivity contribution in [2.45, 2.75) is 13.0 Å². The lowest BCUT2D eigenvalue weighted by atomic mass is 10.2. The first-order valence-electron chi connectivity index (χ1n) is 6.86. The molecular formula is C14H16ClN5O. The highest BCUT2D eigenvalue weighted by Gasteiger charge is 2.26. The van der Waals surface area contributed by atoms with Crippen molar-refractivity contribution in [3.8, 4) is 5.69 Å². The van der Waals surface area contributed by atoms with E-state index in [1.165, 1.54) is 4.68 Å². The maximum atomic E-state index is 12.5. The summed E-state index contributed by atoms with van der Waals surface area (Å²) < 4.78 is 1.53. The topological polar surface area (TPSA) is 63.1 Å². The van der Waals surface area contributed by atoms with Crippen molar-refractivity contribution < 1.29 is 4.79 Å². The number of hydrogen-bond acceptors (Lipinski definition) is 4. The number of nitrogens with zero attached hydrogens (tertiary/aromatic N) is 4. The molecule has 1 N–H and O–H groups in total. The van der Waals surface area contributed by atoms with Crippen LogP contribution in [0.3, 0.4) is 0 Å². The summed E-state index contributed by atoms with van der Waals surface area (Å²) >= 11 is 6.13. The van der Waals surface area contributed by atoms with Crippen molar-refractivity contribution in [3.63, 3.8) is 0 Å². The summed E-state index contributed by atoms with van der Waals surface area (Å²) in [4.78, 5) is 14.3. The SMILES string of the molecule is C[C@H]1CNCCN1C(=O)c1cn(-c2ccccc2Cl)nn1. The molecule has 6 nitrogen and oxygen atoms in total. The molecule has 1 amide bonds. The largest absolute Gasteiger partial charge is 0.332 e. The van der Waals surface area contributed by atoms with E-state index >= 15 is 0 Å². The summed E-state index contributed by atoms with van der Waals surface area (Å²) in [6.07, 6.45) is 1.62. The van der Waals surface area contributed by atoms with Gasteiger partial charge in [-0.2, -0.15) is 0 Å². The highest BCUT2D eigenvalue weighted by atomic mass is 35.5. The first-order chi connectivity index (χ1) is 10.2. The predicted octanol–water partition coefficient (Wildman–Crippen LogP) is 1.35. The van der Waals surface area contributed by atoms with Gasteiger partial charge in [0.1, 0.15) is 0 Å². The molecule has 1 atom stereocenters. The minimum Gasteiger partial charge on any atom is -0.332 e. The normalized spacial score (nSPS) is 18.8. The van der Waals surface area contributed by atoms with Crippen LogP contribution in [0, 0.1) is 0 Å². The molecule has 3 rings (SSSR count). The molecule has 1 fully saturated rings. The van der Waals surface area contributed by atoms with Gasteiger partial charge in [-0.1, -0.05) is 28.9 Å². The number of carbonyl (C=O) groups is 1. The molecule has 0 unspecified atom stereocenters. The molecule has 0 spiro atoms. The average molecular weight is 306 g/mol. The van der Waals surface area contributed by atoms with Crippen LogP contribution in [0.15, 0.2) is 30.5 Å². The van der Waals surface area contributed by atoms with Gasteiger partial charge in [0.05, 0.1) is 16.9 Å². The number of amides is 1. The highest BCUT2D eigenvalue weighted by molar-refractivity contribution is 6.32. The second-order valence-corrected chi connectivity index (χ2v) is 5.46. The second kappa shape index (κ2) is 5.83. The predicted molar refractivity (Wildman–Crippen MR) is 79.7 cm³/mol. The van der Waals surface area contributed by atoms with Crippen LogP contribution in [0.2, 0.25) is 5.02 Å². The van der Waals surface area contributed by atoms with Crippen LogP contribution in [-0.4, -0.2) is 51.5 Å². The minimum absolute atomic E-state index is 0.0951. The molecule has 21 heavy (non-hydrogen) atoms. The lowest BCUT2D eigenvalue weighted by Gasteiger charge is -2.33. The fourth-order valence-corrected chi connectivity index (χ4v) is 2.63. The zero-order chi connectivity index (χ0) is 14.8. The van der Waals surface area contributed by atoms with Crippen molar-refractivity contribution >= 4 is 17.5 Å². The Labute approximate surface area is 127 Å². The maximum Gasteiger partial charge on any atom is 0.276 e. The molecule has 0 saturated carbocycles. The van der Waals surface area contributed by atoms with E-state index in [-0.39, 0.29) is 11.9 Å². The van der Waals surface area contributed by atoms with Gasteiger partial charge in [0.15, 0.2) is 5.69 Å². The molecule has 2 heterocycles. The van der Waals surface area contributed by atoms with Gasteiger partial charge in [-0.15, -0.1) is 5.10 Å². The average Bonchev–Trinajstić information content (AvgIpc) is 2.97. The molecule has 0 aliphatic carbocycles. The molecule has 1 saturated heterocycles. The van der Waals surface area contributed by atoms with Gasteiger partial charge in [0, 0.05) is 25.7 Å². The van der Waals surface area contributed by atoms with Crippen LogP contribution in [0.5, 0.6) is 0 Å². The van der Waals surface area contributed by atoms with Crippen molar-refractivity contribution in [3.05, 3.63) is 41.2 Å². The van der Waals surface area contributed by atoms with Gasteiger partial charge >= 0.3 is 0 Å². The highest BCUT2D eigenvalue weighted by Crippen LogP contribution is 2.19. The minimum atomic E-state index is -0.0951. The van der Waals surface area contributed by atoms with Crippen LogP contribution in [0.25, 0.3) is 5.69 Å². The standard InChI is InChI=1S/C14H16ClN5O/c1-10-8-16-6-7-19(10)14(21)12-9-20(18-17-12)13-5-3-2-4-11(13)15/h2-5,9-10,16H,6-8H2,1H3/t10-/m0/s1. The van der Waals surface area contributed by atoms with E-state index in [1.807, 2.05) is 30.0 Å². The number of nitrogens with one attached hydrogen (secondary N) is 1. The van der Waals surface area contributed by atoms with Gasteiger partial charge < -0.3 is 10.2 Å². The summed E-state index contributed by atoms with van der Waals surface area (Å²) in [5, 5.41) is 11.8. The summed E-state index contributed by atoms with van der Waals surface area (Å²) in [5.74, 6) is -0.0951. The lowest BCUT2D eigenvalue weighted by molar-refractivity contribution is 0.0649. The fourth-order valence-electron chi connectivity index (χ4n) is 2.41. The Morgan fingerprint density at radius 1 is 1.43 bits per heavy atom. The van der Waals surface area contributed by atoms with Crippen LogP contribution >= 0.6 is 11.6 Å². The third-order valence-corrected chi connectivity index (χ3v) is 3.89. The molecule has 1 aliphatic heterocycles. The third kappa shape index (κ3) is 2.77. The Morgan fingerprint density at radius 2 is 2.24 bits per heavy atom. The van der Waals surface area contributed by atoms with Gasteiger partial charge in [0.2, 0.25) is 0 Å². The van der Waals surface area contributed by atoms with Crippen molar-refractivity contribution in [1.29, 1.82) is 0 Å². The maximum absolute atomic E-state index is 12.5. The number of piperazine rings is 1. The molecule has 2 aromatic rings. The number of carbonyl (C=O) groups excluding carboxylic acids is 1. The Balaban J connectivity index is 1.85. The smallest absolute Gasteiger partial charge is 0.276 e. The van der Waals surface area contributed by atoms with Gasteiger partial charge in [-0.25, -0.2) is 4.68 Å². The molecule has 1 aromatic carbocycles. The lowest BCUT2D eigenvalue weighted by Crippen LogP contribution is -2.52. The molecule has 1 aromatic heterocycles. The summed E-state index contributed by atoms with van der Waals surface area (Å²) in [6, 6.07) is 7.47. The summed E-state index contributed by atoms with van der Waals surface area (Å²) in [7, 11) is 0. The number of rotatable bonds is 2. The number of aromatic nitrogens is 3.